The molecule has 86 valence electrons. The van der Waals surface area contributed by atoms with Gasteiger partial charge in [0.15, 0.2) is 0 Å². The van der Waals surface area contributed by atoms with Crippen LogP contribution in [-0.4, -0.2) is 36.2 Å². The molecular weight excluding hydrogens is 198 g/mol. The Hall–Kier alpha value is -1.10. The second-order valence-electron chi connectivity index (χ2n) is 3.85. The molecule has 5 heteroatoms. The highest BCUT2D eigenvalue weighted by Crippen LogP contribution is 2.31. The van der Waals surface area contributed by atoms with Gasteiger partial charge in [0.2, 0.25) is 5.91 Å². The maximum atomic E-state index is 11.8. The standard InChI is InChI=1S/C10H17NO4/c1-11(15-2)9(12)7-5-3-4-6-8(7)10(13)14/h7-8H,3-6H2,1-2H3,(H,13,14)/t7-,8+/m1/s1. The number of carbonyl (C=O) groups excluding carboxylic acids is 1. The van der Waals surface area contributed by atoms with Crippen molar-refractivity contribution in [3.63, 3.8) is 0 Å². The Balaban J connectivity index is 2.71. The van der Waals surface area contributed by atoms with E-state index in [1.807, 2.05) is 0 Å². The largest absolute Gasteiger partial charge is 0.481 e. The molecule has 5 nitrogen and oxygen atoms in total. The van der Waals surface area contributed by atoms with Crippen LogP contribution in [0.5, 0.6) is 0 Å². The van der Waals surface area contributed by atoms with Crippen LogP contribution in [-0.2, 0) is 14.4 Å². The van der Waals surface area contributed by atoms with Crippen molar-refractivity contribution in [3.8, 4) is 0 Å². The summed E-state index contributed by atoms with van der Waals surface area (Å²) in [7, 11) is 2.91. The normalized spacial score (nSPS) is 26.0. The van der Waals surface area contributed by atoms with Crippen LogP contribution in [0, 0.1) is 11.8 Å². The monoisotopic (exact) mass is 215 g/mol. The lowest BCUT2D eigenvalue weighted by molar-refractivity contribution is -0.179. The summed E-state index contributed by atoms with van der Waals surface area (Å²) in [6.07, 6.45) is 3.03. The molecule has 1 aliphatic rings. The zero-order chi connectivity index (χ0) is 11.4. The summed E-state index contributed by atoms with van der Waals surface area (Å²) in [5.41, 5.74) is 0. The number of hydrogen-bond donors (Lipinski definition) is 1. The van der Waals surface area contributed by atoms with E-state index in [-0.39, 0.29) is 5.91 Å². The number of amides is 1. The van der Waals surface area contributed by atoms with Crippen LogP contribution < -0.4 is 0 Å². The first-order valence-electron chi connectivity index (χ1n) is 5.12. The Kier molecular flexibility index (Phi) is 4.08. The van der Waals surface area contributed by atoms with Crippen molar-refractivity contribution in [1.29, 1.82) is 0 Å². The second-order valence-corrected chi connectivity index (χ2v) is 3.85. The van der Waals surface area contributed by atoms with Gasteiger partial charge >= 0.3 is 5.97 Å². The van der Waals surface area contributed by atoms with Crippen LogP contribution in [0.15, 0.2) is 0 Å². The van der Waals surface area contributed by atoms with E-state index in [0.717, 1.165) is 17.9 Å². The molecule has 0 bridgehead atoms. The molecule has 0 aromatic carbocycles. The molecule has 0 aromatic rings. The van der Waals surface area contributed by atoms with Gasteiger partial charge in [-0.3, -0.25) is 14.4 Å². The summed E-state index contributed by atoms with van der Waals surface area (Å²) < 4.78 is 0. The van der Waals surface area contributed by atoms with Crippen LogP contribution in [0.2, 0.25) is 0 Å². The van der Waals surface area contributed by atoms with Crippen LogP contribution >= 0.6 is 0 Å². The first-order valence-corrected chi connectivity index (χ1v) is 5.12. The summed E-state index contributed by atoms with van der Waals surface area (Å²) in [6, 6.07) is 0. The quantitative estimate of drug-likeness (QED) is 0.710. The minimum absolute atomic E-state index is 0.232. The van der Waals surface area contributed by atoms with Gasteiger partial charge in [-0.25, -0.2) is 5.06 Å². The van der Waals surface area contributed by atoms with Crippen molar-refractivity contribution in [1.82, 2.24) is 5.06 Å². The highest BCUT2D eigenvalue weighted by Gasteiger charge is 2.37. The zero-order valence-corrected chi connectivity index (χ0v) is 9.10. The van der Waals surface area contributed by atoms with Gasteiger partial charge in [-0.1, -0.05) is 12.8 Å². The van der Waals surface area contributed by atoms with Gasteiger partial charge in [0.1, 0.15) is 0 Å². The van der Waals surface area contributed by atoms with E-state index < -0.39 is 17.8 Å². The third-order valence-electron chi connectivity index (χ3n) is 2.98. The Labute approximate surface area is 89.0 Å². The molecule has 1 amide bonds. The molecule has 0 aromatic heterocycles. The average molecular weight is 215 g/mol. The van der Waals surface area contributed by atoms with E-state index in [2.05, 4.69) is 0 Å². The van der Waals surface area contributed by atoms with Gasteiger partial charge in [0.25, 0.3) is 0 Å². The molecule has 0 radical (unpaired) electrons. The van der Waals surface area contributed by atoms with Crippen molar-refractivity contribution >= 4 is 11.9 Å². The molecule has 1 fully saturated rings. The summed E-state index contributed by atoms with van der Waals surface area (Å²) in [4.78, 5) is 27.5. The number of aliphatic carboxylic acids is 1. The number of carbonyl (C=O) groups is 2. The summed E-state index contributed by atoms with van der Waals surface area (Å²) in [6.45, 7) is 0. The van der Waals surface area contributed by atoms with Crippen molar-refractivity contribution in [2.45, 2.75) is 25.7 Å². The van der Waals surface area contributed by atoms with E-state index in [9.17, 15) is 9.59 Å². The third-order valence-corrected chi connectivity index (χ3v) is 2.98. The smallest absolute Gasteiger partial charge is 0.307 e. The van der Waals surface area contributed by atoms with Crippen LogP contribution in [0.25, 0.3) is 0 Å². The van der Waals surface area contributed by atoms with Gasteiger partial charge in [0.05, 0.1) is 18.9 Å². The molecule has 15 heavy (non-hydrogen) atoms. The Morgan fingerprint density at radius 1 is 1.27 bits per heavy atom. The van der Waals surface area contributed by atoms with E-state index in [1.165, 1.54) is 14.2 Å². The molecule has 0 heterocycles. The fourth-order valence-electron chi connectivity index (χ4n) is 2.05. The minimum atomic E-state index is -0.877. The predicted molar refractivity (Wildman–Crippen MR) is 52.9 cm³/mol. The molecule has 0 aliphatic heterocycles. The molecule has 0 saturated heterocycles. The second kappa shape index (κ2) is 5.11. The first kappa shape index (κ1) is 12.0. The molecule has 2 atom stereocenters. The molecular formula is C10H17NO4. The molecule has 1 rings (SSSR count). The van der Waals surface area contributed by atoms with Gasteiger partial charge in [0, 0.05) is 7.05 Å². The van der Waals surface area contributed by atoms with Crippen molar-refractivity contribution < 1.29 is 19.5 Å². The average Bonchev–Trinajstić information content (AvgIpc) is 2.27. The fourth-order valence-corrected chi connectivity index (χ4v) is 2.05. The lowest BCUT2D eigenvalue weighted by Gasteiger charge is -2.29. The van der Waals surface area contributed by atoms with Crippen molar-refractivity contribution in [3.05, 3.63) is 0 Å². The third kappa shape index (κ3) is 2.68. The van der Waals surface area contributed by atoms with Crippen LogP contribution in [0.1, 0.15) is 25.7 Å². The maximum Gasteiger partial charge on any atom is 0.307 e. The fraction of sp³-hybridized carbons (Fsp3) is 0.800. The molecule has 1 aliphatic carbocycles. The minimum Gasteiger partial charge on any atom is -0.481 e. The van der Waals surface area contributed by atoms with Crippen LogP contribution in [0.4, 0.5) is 0 Å². The maximum absolute atomic E-state index is 11.8. The first-order chi connectivity index (χ1) is 7.07. The number of rotatable bonds is 3. The zero-order valence-electron chi connectivity index (χ0n) is 9.10. The highest BCUT2D eigenvalue weighted by molar-refractivity contribution is 5.84. The van der Waals surface area contributed by atoms with Crippen molar-refractivity contribution in [2.75, 3.05) is 14.2 Å². The van der Waals surface area contributed by atoms with Gasteiger partial charge in [-0.05, 0) is 12.8 Å². The predicted octanol–water partition coefficient (Wildman–Crippen LogP) is 0.897. The van der Waals surface area contributed by atoms with E-state index >= 15 is 0 Å². The van der Waals surface area contributed by atoms with E-state index in [1.54, 1.807) is 0 Å². The topological polar surface area (TPSA) is 66.8 Å². The van der Waals surface area contributed by atoms with Gasteiger partial charge in [-0.2, -0.15) is 0 Å². The summed E-state index contributed by atoms with van der Waals surface area (Å²) in [5.74, 6) is -2.09. The molecule has 0 unspecified atom stereocenters. The Bertz CT molecular complexity index is 254. The Morgan fingerprint density at radius 3 is 2.27 bits per heavy atom. The lowest BCUT2D eigenvalue weighted by atomic mass is 9.78. The van der Waals surface area contributed by atoms with E-state index in [4.69, 9.17) is 9.94 Å². The van der Waals surface area contributed by atoms with E-state index in [0.29, 0.717) is 12.8 Å². The number of nitrogens with zero attached hydrogens (tertiary/aromatic N) is 1. The number of carboxylic acid groups (broad SMARTS) is 1. The SMILES string of the molecule is CON(C)C(=O)[C@@H]1CCCC[C@@H]1C(=O)O. The van der Waals surface area contributed by atoms with Crippen LogP contribution in [0.3, 0.4) is 0 Å². The van der Waals surface area contributed by atoms with Crippen molar-refractivity contribution in [2.24, 2.45) is 11.8 Å². The molecule has 0 spiro atoms. The summed E-state index contributed by atoms with van der Waals surface area (Å²) in [5, 5.41) is 10.1. The molecule has 1 saturated carbocycles. The summed E-state index contributed by atoms with van der Waals surface area (Å²) >= 11 is 0. The van der Waals surface area contributed by atoms with Gasteiger partial charge < -0.3 is 5.11 Å². The molecule has 1 N–H and O–H groups in total. The van der Waals surface area contributed by atoms with Gasteiger partial charge in [-0.15, -0.1) is 0 Å². The number of carboxylic acids is 1. The number of hydrogen-bond acceptors (Lipinski definition) is 3. The lowest BCUT2D eigenvalue weighted by Crippen LogP contribution is -2.40. The highest BCUT2D eigenvalue weighted by atomic mass is 16.7. The Morgan fingerprint density at radius 2 is 1.80 bits per heavy atom. The number of hydroxylamine groups is 2.